The van der Waals surface area contributed by atoms with Gasteiger partial charge in [-0.05, 0) is 37.5 Å². The lowest BCUT2D eigenvalue weighted by molar-refractivity contribution is -0.0656. The Hall–Kier alpha value is -1.14. The highest BCUT2D eigenvalue weighted by Gasteiger charge is 2.44. The maximum atomic E-state index is 6.05. The van der Waals surface area contributed by atoms with Crippen LogP contribution in [-0.2, 0) is 25.6 Å². The summed E-state index contributed by atoms with van der Waals surface area (Å²) in [6.45, 7) is 5.77. The number of hydrogen-bond donors (Lipinski definition) is 0. The van der Waals surface area contributed by atoms with Gasteiger partial charge in [-0.1, -0.05) is 12.1 Å². The second kappa shape index (κ2) is 7.62. The normalized spacial score (nSPS) is 25.0. The monoisotopic (exact) mass is 322 g/mol. The molecule has 0 saturated carbocycles. The molecule has 0 radical (unpaired) electrons. The summed E-state index contributed by atoms with van der Waals surface area (Å²) in [7, 11) is 1.67. The van der Waals surface area contributed by atoms with Gasteiger partial charge in [-0.2, -0.15) is 0 Å². The molecular weight excluding hydrogens is 296 g/mol. The molecule has 2 heterocycles. The third kappa shape index (κ3) is 5.18. The number of rotatable bonds is 11. The molecule has 3 rings (SSSR count). The fourth-order valence-corrected chi connectivity index (χ4v) is 2.61. The average molecular weight is 322 g/mol. The van der Waals surface area contributed by atoms with Crippen LogP contribution in [0.3, 0.4) is 0 Å². The summed E-state index contributed by atoms with van der Waals surface area (Å²) in [5.74, 6) is 0.866. The van der Waals surface area contributed by atoms with Gasteiger partial charge in [-0.15, -0.1) is 0 Å². The van der Waals surface area contributed by atoms with Gasteiger partial charge in [-0.3, -0.25) is 0 Å². The van der Waals surface area contributed by atoms with Crippen molar-refractivity contribution >= 4 is 0 Å². The molecule has 23 heavy (non-hydrogen) atoms. The molecule has 0 spiro atoms. The molecule has 3 atom stereocenters. The second-order valence-corrected chi connectivity index (χ2v) is 6.41. The second-order valence-electron chi connectivity index (χ2n) is 6.41. The van der Waals surface area contributed by atoms with E-state index in [0.717, 1.165) is 44.0 Å². The highest BCUT2D eigenvalue weighted by molar-refractivity contribution is 5.26. The third-order valence-electron chi connectivity index (χ3n) is 4.41. The van der Waals surface area contributed by atoms with Crippen LogP contribution in [0.1, 0.15) is 25.3 Å². The lowest BCUT2D eigenvalue weighted by atomic mass is 9.96. The van der Waals surface area contributed by atoms with Crippen LogP contribution in [0.5, 0.6) is 5.75 Å². The van der Waals surface area contributed by atoms with Crippen LogP contribution >= 0.6 is 0 Å². The number of epoxide rings is 2. The molecule has 1 unspecified atom stereocenters. The molecule has 0 amide bonds. The Bertz CT molecular complexity index is 481. The Labute approximate surface area is 137 Å². The molecule has 0 aliphatic carbocycles. The highest BCUT2D eigenvalue weighted by Crippen LogP contribution is 2.33. The van der Waals surface area contributed by atoms with E-state index < -0.39 is 0 Å². The fourth-order valence-electron chi connectivity index (χ4n) is 2.61. The van der Waals surface area contributed by atoms with Gasteiger partial charge in [0.15, 0.2) is 0 Å². The zero-order valence-corrected chi connectivity index (χ0v) is 14.0. The molecule has 5 heteroatoms. The minimum atomic E-state index is -0.213. The average Bonchev–Trinajstić information content (AvgIpc) is 3.46. The molecule has 128 valence electrons. The molecule has 2 saturated heterocycles. The molecule has 2 fully saturated rings. The number of benzene rings is 1. The number of hydrogen-bond acceptors (Lipinski definition) is 5. The number of ether oxygens (including phenoxy) is 5. The van der Waals surface area contributed by atoms with E-state index >= 15 is 0 Å². The van der Waals surface area contributed by atoms with E-state index in [4.69, 9.17) is 23.7 Å². The van der Waals surface area contributed by atoms with E-state index in [2.05, 4.69) is 6.92 Å². The summed E-state index contributed by atoms with van der Waals surface area (Å²) in [5, 5.41) is 0. The molecule has 0 aromatic heterocycles. The predicted molar refractivity (Wildman–Crippen MR) is 85.7 cm³/mol. The van der Waals surface area contributed by atoms with E-state index in [1.807, 2.05) is 24.3 Å². The smallest absolute Gasteiger partial charge is 0.118 e. The van der Waals surface area contributed by atoms with Crippen LogP contribution in [0.2, 0.25) is 0 Å². The van der Waals surface area contributed by atoms with Gasteiger partial charge >= 0.3 is 0 Å². The summed E-state index contributed by atoms with van der Waals surface area (Å²) in [6, 6.07) is 7.96. The first kappa shape index (κ1) is 16.7. The summed E-state index contributed by atoms with van der Waals surface area (Å²) >= 11 is 0. The summed E-state index contributed by atoms with van der Waals surface area (Å²) in [6.07, 6.45) is 2.41. The molecule has 1 aromatic rings. The van der Waals surface area contributed by atoms with Crippen LogP contribution < -0.4 is 4.74 Å². The van der Waals surface area contributed by atoms with Crippen molar-refractivity contribution in [2.24, 2.45) is 0 Å². The van der Waals surface area contributed by atoms with Crippen molar-refractivity contribution in [1.82, 2.24) is 0 Å². The maximum Gasteiger partial charge on any atom is 0.118 e. The zero-order valence-electron chi connectivity index (χ0n) is 14.0. The van der Waals surface area contributed by atoms with Crippen LogP contribution in [-0.4, -0.2) is 51.3 Å². The van der Waals surface area contributed by atoms with Gasteiger partial charge < -0.3 is 23.7 Å². The first-order valence-electron chi connectivity index (χ1n) is 8.27. The van der Waals surface area contributed by atoms with E-state index in [1.54, 1.807) is 7.11 Å². The molecular formula is C18H26O5. The minimum absolute atomic E-state index is 0.213. The molecule has 5 nitrogen and oxygen atoms in total. The minimum Gasteiger partial charge on any atom is -0.497 e. The molecule has 0 N–H and O–H groups in total. The Kier molecular flexibility index (Phi) is 5.54. The van der Waals surface area contributed by atoms with Crippen LogP contribution in [0.4, 0.5) is 0 Å². The van der Waals surface area contributed by atoms with Gasteiger partial charge in [0, 0.05) is 6.61 Å². The fraction of sp³-hybridized carbons (Fsp3) is 0.667. The first-order valence-corrected chi connectivity index (χ1v) is 8.27. The molecule has 2 aliphatic heterocycles. The van der Waals surface area contributed by atoms with Gasteiger partial charge in [0.25, 0.3) is 0 Å². The third-order valence-corrected chi connectivity index (χ3v) is 4.41. The van der Waals surface area contributed by atoms with Crippen molar-refractivity contribution in [3.8, 4) is 5.75 Å². The quantitative estimate of drug-likeness (QED) is 0.463. The van der Waals surface area contributed by atoms with E-state index in [1.165, 1.54) is 0 Å². The van der Waals surface area contributed by atoms with Gasteiger partial charge in [0.1, 0.15) is 18.0 Å². The Balaban J connectivity index is 1.34. The maximum absolute atomic E-state index is 6.05. The van der Waals surface area contributed by atoms with Crippen LogP contribution in [0, 0.1) is 0 Å². The summed E-state index contributed by atoms with van der Waals surface area (Å²) in [4.78, 5) is 0. The van der Waals surface area contributed by atoms with Gasteiger partial charge in [-0.25, -0.2) is 0 Å². The Morgan fingerprint density at radius 2 is 1.91 bits per heavy atom. The summed E-state index contributed by atoms with van der Waals surface area (Å²) < 4.78 is 27.6. The van der Waals surface area contributed by atoms with Crippen molar-refractivity contribution in [3.05, 3.63) is 29.8 Å². The Morgan fingerprint density at radius 3 is 2.52 bits per heavy atom. The van der Waals surface area contributed by atoms with Crippen molar-refractivity contribution in [1.29, 1.82) is 0 Å². The SMILES string of the molecule is COc1ccc(COCCC[C@](C)(OCC2CO2)[C@H]2CO2)cc1. The van der Waals surface area contributed by atoms with E-state index in [9.17, 15) is 0 Å². The van der Waals surface area contributed by atoms with E-state index in [-0.39, 0.29) is 11.7 Å². The molecule has 0 bridgehead atoms. The van der Waals surface area contributed by atoms with Crippen molar-refractivity contribution in [3.63, 3.8) is 0 Å². The lowest BCUT2D eigenvalue weighted by Crippen LogP contribution is -2.37. The predicted octanol–water partition coefficient (Wildman–Crippen LogP) is 2.56. The molecule has 1 aromatic carbocycles. The standard InChI is InChI=1S/C18H26O5/c1-18(17-13-22-17,23-12-16-11-21-16)8-3-9-20-10-14-4-6-15(19-2)7-5-14/h4-7,16-17H,3,8-13H2,1-2H3/t16?,17-,18+/m1/s1. The lowest BCUT2D eigenvalue weighted by Gasteiger charge is -2.28. The zero-order chi connectivity index (χ0) is 16.1. The summed E-state index contributed by atoms with van der Waals surface area (Å²) in [5.41, 5.74) is 0.941. The molecule has 2 aliphatic rings. The topological polar surface area (TPSA) is 52.8 Å². The van der Waals surface area contributed by atoms with Crippen molar-refractivity contribution < 1.29 is 23.7 Å². The first-order chi connectivity index (χ1) is 11.2. The van der Waals surface area contributed by atoms with E-state index in [0.29, 0.717) is 19.3 Å². The largest absolute Gasteiger partial charge is 0.497 e. The van der Waals surface area contributed by atoms with Crippen LogP contribution in [0.25, 0.3) is 0 Å². The van der Waals surface area contributed by atoms with Gasteiger partial charge in [0.2, 0.25) is 0 Å². The van der Waals surface area contributed by atoms with Crippen molar-refractivity contribution in [2.75, 3.05) is 33.5 Å². The Morgan fingerprint density at radius 1 is 1.17 bits per heavy atom. The number of methoxy groups -OCH3 is 1. The van der Waals surface area contributed by atoms with Gasteiger partial charge in [0.05, 0.1) is 39.1 Å². The highest BCUT2D eigenvalue weighted by atomic mass is 16.6. The van der Waals surface area contributed by atoms with Crippen molar-refractivity contribution in [2.45, 2.75) is 44.2 Å². The van der Waals surface area contributed by atoms with Crippen LogP contribution in [0.15, 0.2) is 24.3 Å².